The first-order chi connectivity index (χ1) is 20.3. The molecule has 0 N–H and O–H groups in total. The molecule has 5 saturated carbocycles. The van der Waals surface area contributed by atoms with Crippen LogP contribution in [-0.4, -0.2) is 0 Å². The molecule has 0 unspecified atom stereocenters. The molecule has 5 aliphatic carbocycles. The molecule has 0 heterocycles. The third kappa shape index (κ3) is 4.12. The highest BCUT2D eigenvalue weighted by atomic mass is 14.4. The van der Waals surface area contributed by atoms with E-state index in [1.807, 2.05) is 0 Å². The second-order valence-electron chi connectivity index (χ2n) is 15.4. The second-order valence-corrected chi connectivity index (χ2v) is 15.4. The van der Waals surface area contributed by atoms with E-state index in [1.165, 1.54) is 128 Å². The molecule has 0 saturated heterocycles. The van der Waals surface area contributed by atoms with Crippen molar-refractivity contribution in [3.05, 3.63) is 58.1 Å². The van der Waals surface area contributed by atoms with E-state index < -0.39 is 0 Å². The molecule has 0 spiro atoms. The van der Waals surface area contributed by atoms with Crippen molar-refractivity contribution in [3.63, 3.8) is 0 Å². The first-order valence-corrected chi connectivity index (χ1v) is 18.2. The lowest BCUT2D eigenvalue weighted by Crippen LogP contribution is -2.07. The average molecular weight is 543 g/mol. The van der Waals surface area contributed by atoms with Crippen LogP contribution >= 0.6 is 0 Å². The fourth-order valence-electron chi connectivity index (χ4n) is 11.0. The van der Waals surface area contributed by atoms with Gasteiger partial charge in [-0.2, -0.15) is 0 Å². The predicted octanol–water partition coefficient (Wildman–Crippen LogP) is 12.9. The molecule has 5 aliphatic rings. The Hall–Kier alpha value is -2.08. The molecule has 0 aliphatic heterocycles. The van der Waals surface area contributed by atoms with Crippen LogP contribution in [0.25, 0.3) is 32.3 Å². The van der Waals surface area contributed by atoms with Gasteiger partial charge in [0, 0.05) is 0 Å². The maximum absolute atomic E-state index is 2.81. The van der Waals surface area contributed by atoms with Crippen LogP contribution in [-0.2, 0) is 0 Å². The van der Waals surface area contributed by atoms with Gasteiger partial charge >= 0.3 is 0 Å². The molecule has 0 amide bonds. The van der Waals surface area contributed by atoms with Gasteiger partial charge in [-0.15, -0.1) is 0 Å². The third-order valence-corrected chi connectivity index (χ3v) is 13.1. The van der Waals surface area contributed by atoms with Crippen LogP contribution in [0.15, 0.2) is 30.3 Å². The standard InChI is InChI=1S/C41H50/c1-2-12-26(11-1)31-21-36-34(29-17-7-8-18-29)24-38-32(27-13-3-4-14-27)23-33(28-15-5-6-16-28)39-25-35(30-19-9-10-20-30)37(22-31)40(36)41(38)39/h21-30H,1-20H2. The molecule has 9 rings (SSSR count). The second kappa shape index (κ2) is 10.3. The zero-order chi connectivity index (χ0) is 26.9. The fraction of sp³-hybridized carbons (Fsp3) is 0.610. The normalized spacial score (nSPS) is 24.1. The van der Waals surface area contributed by atoms with Crippen LogP contribution in [0, 0.1) is 0 Å². The van der Waals surface area contributed by atoms with Crippen LogP contribution < -0.4 is 0 Å². The highest BCUT2D eigenvalue weighted by Gasteiger charge is 2.32. The molecule has 0 radical (unpaired) electrons. The van der Waals surface area contributed by atoms with Crippen molar-refractivity contribution in [2.24, 2.45) is 0 Å². The van der Waals surface area contributed by atoms with E-state index in [9.17, 15) is 0 Å². The summed E-state index contributed by atoms with van der Waals surface area (Å²) in [4.78, 5) is 0. The molecule has 0 atom stereocenters. The minimum atomic E-state index is 0.765. The number of benzene rings is 4. The topological polar surface area (TPSA) is 0 Å². The van der Waals surface area contributed by atoms with Crippen molar-refractivity contribution in [3.8, 4) is 0 Å². The Kier molecular flexibility index (Phi) is 6.37. The minimum absolute atomic E-state index is 0.765. The lowest BCUT2D eigenvalue weighted by Gasteiger charge is -2.28. The molecule has 0 bridgehead atoms. The van der Waals surface area contributed by atoms with Crippen molar-refractivity contribution in [1.82, 2.24) is 0 Å². The molecular formula is C41H50. The summed E-state index contributed by atoms with van der Waals surface area (Å²) in [6, 6.07) is 14.0. The number of rotatable bonds is 5. The van der Waals surface area contributed by atoms with Crippen molar-refractivity contribution in [1.29, 1.82) is 0 Å². The quantitative estimate of drug-likeness (QED) is 0.220. The Bertz CT molecular complexity index is 1450. The van der Waals surface area contributed by atoms with Gasteiger partial charge in [0.15, 0.2) is 0 Å². The summed E-state index contributed by atoms with van der Waals surface area (Å²) in [7, 11) is 0. The average Bonchev–Trinajstić information content (AvgIpc) is 3.84. The van der Waals surface area contributed by atoms with E-state index in [1.54, 1.807) is 60.1 Å². The van der Waals surface area contributed by atoms with Gasteiger partial charge in [0.25, 0.3) is 0 Å². The monoisotopic (exact) mass is 542 g/mol. The molecule has 214 valence electrons. The van der Waals surface area contributed by atoms with E-state index in [2.05, 4.69) is 30.3 Å². The van der Waals surface area contributed by atoms with E-state index in [0.717, 1.165) is 29.6 Å². The molecular weight excluding hydrogens is 492 g/mol. The van der Waals surface area contributed by atoms with Crippen molar-refractivity contribution >= 4 is 32.3 Å². The molecule has 0 nitrogen and oxygen atoms in total. The van der Waals surface area contributed by atoms with Crippen LogP contribution in [0.1, 0.15) is 186 Å². The zero-order valence-corrected chi connectivity index (χ0v) is 25.4. The summed E-state index contributed by atoms with van der Waals surface area (Å²) in [6.07, 6.45) is 28.3. The maximum Gasteiger partial charge on any atom is -0.00206 e. The van der Waals surface area contributed by atoms with E-state index in [0.29, 0.717) is 0 Å². The Balaban J connectivity index is 1.42. The van der Waals surface area contributed by atoms with Crippen molar-refractivity contribution < 1.29 is 0 Å². The lowest BCUT2D eigenvalue weighted by atomic mass is 9.76. The minimum Gasteiger partial charge on any atom is -0.0540 e. The van der Waals surface area contributed by atoms with E-state index >= 15 is 0 Å². The zero-order valence-electron chi connectivity index (χ0n) is 25.4. The first kappa shape index (κ1) is 25.4. The summed E-state index contributed by atoms with van der Waals surface area (Å²) in [5.74, 6) is 3.87. The van der Waals surface area contributed by atoms with Gasteiger partial charge < -0.3 is 0 Å². The van der Waals surface area contributed by atoms with E-state index in [-0.39, 0.29) is 0 Å². The molecule has 0 aromatic heterocycles. The first-order valence-electron chi connectivity index (χ1n) is 18.2. The van der Waals surface area contributed by atoms with Crippen molar-refractivity contribution in [2.75, 3.05) is 0 Å². The summed E-state index contributed by atoms with van der Waals surface area (Å²) >= 11 is 0. The van der Waals surface area contributed by atoms with Gasteiger partial charge in [-0.25, -0.2) is 0 Å². The van der Waals surface area contributed by atoms with Gasteiger partial charge in [-0.05, 0) is 166 Å². The molecule has 4 aromatic carbocycles. The third-order valence-electron chi connectivity index (χ3n) is 13.1. The van der Waals surface area contributed by atoms with Crippen LogP contribution in [0.5, 0.6) is 0 Å². The molecule has 41 heavy (non-hydrogen) atoms. The van der Waals surface area contributed by atoms with Gasteiger partial charge in [-0.3, -0.25) is 0 Å². The lowest BCUT2D eigenvalue weighted by molar-refractivity contribution is 0.706. The van der Waals surface area contributed by atoms with Gasteiger partial charge in [0.05, 0.1) is 0 Å². The summed E-state index contributed by atoms with van der Waals surface area (Å²) in [5.41, 5.74) is 8.70. The Morgan fingerprint density at radius 1 is 0.293 bits per heavy atom. The molecule has 5 fully saturated rings. The number of hydrogen-bond acceptors (Lipinski definition) is 0. The summed E-state index contributed by atoms with van der Waals surface area (Å²) < 4.78 is 0. The Morgan fingerprint density at radius 3 is 0.902 bits per heavy atom. The van der Waals surface area contributed by atoms with Crippen LogP contribution in [0.3, 0.4) is 0 Å². The Morgan fingerprint density at radius 2 is 0.561 bits per heavy atom. The summed E-state index contributed by atoms with van der Waals surface area (Å²) in [6.45, 7) is 0. The number of hydrogen-bond donors (Lipinski definition) is 0. The van der Waals surface area contributed by atoms with Gasteiger partial charge in [0.2, 0.25) is 0 Å². The maximum atomic E-state index is 2.81. The fourth-order valence-corrected chi connectivity index (χ4v) is 11.0. The molecule has 0 heteroatoms. The van der Waals surface area contributed by atoms with E-state index in [4.69, 9.17) is 0 Å². The highest BCUT2D eigenvalue weighted by molar-refractivity contribution is 6.26. The highest BCUT2D eigenvalue weighted by Crippen LogP contribution is 2.53. The van der Waals surface area contributed by atoms with Crippen molar-refractivity contribution in [2.45, 2.75) is 158 Å². The smallest absolute Gasteiger partial charge is 0.00206 e. The van der Waals surface area contributed by atoms with Crippen LogP contribution in [0.2, 0.25) is 0 Å². The molecule has 4 aromatic rings. The SMILES string of the molecule is c1c(C2CCCC2)c2cc(C3CCCC3)c3cc(C4CCCC4)cc4c(C5CCCC5)cc(c1C1CCCC1)c2c34. The van der Waals surface area contributed by atoms with Gasteiger partial charge in [-0.1, -0.05) is 82.4 Å². The summed E-state index contributed by atoms with van der Waals surface area (Å²) in [5, 5.41) is 10.1. The predicted molar refractivity (Wildman–Crippen MR) is 176 cm³/mol. The van der Waals surface area contributed by atoms with Gasteiger partial charge in [0.1, 0.15) is 0 Å². The largest absolute Gasteiger partial charge is 0.0540 e. The van der Waals surface area contributed by atoms with Crippen LogP contribution in [0.4, 0.5) is 0 Å². The Labute approximate surface area is 248 Å².